The van der Waals surface area contributed by atoms with E-state index in [1.54, 1.807) is 0 Å². The highest BCUT2D eigenvalue weighted by atomic mass is 16.7. The molecule has 0 aromatic heterocycles. The summed E-state index contributed by atoms with van der Waals surface area (Å²) in [5, 5.41) is 9.44. The fraction of sp³-hybridized carbons (Fsp3) is 0.750. The molecule has 3 atom stereocenters. The number of hydrogen-bond acceptors (Lipinski definition) is 3. The molecule has 0 aromatic rings. The summed E-state index contributed by atoms with van der Waals surface area (Å²) >= 11 is 0. The fourth-order valence-electron chi connectivity index (χ4n) is 1.19. The van der Waals surface area contributed by atoms with Crippen molar-refractivity contribution in [1.82, 2.24) is 0 Å². The van der Waals surface area contributed by atoms with E-state index in [2.05, 4.69) is 0 Å². The third-order valence-corrected chi connectivity index (χ3v) is 1.80. The zero-order valence-electron chi connectivity index (χ0n) is 7.07. The Labute approximate surface area is 66.6 Å². The molecule has 11 heavy (non-hydrogen) atoms. The maximum Gasteiger partial charge on any atom is 0.187 e. The quantitative estimate of drug-likeness (QED) is 0.570. The van der Waals surface area contributed by atoms with Crippen LogP contribution >= 0.6 is 0 Å². The molecule has 0 spiro atoms. The van der Waals surface area contributed by atoms with E-state index in [0.717, 1.165) is 5.57 Å². The van der Waals surface area contributed by atoms with Crippen LogP contribution in [0.1, 0.15) is 13.8 Å². The van der Waals surface area contributed by atoms with E-state index in [1.165, 1.54) is 7.11 Å². The lowest BCUT2D eigenvalue weighted by Gasteiger charge is -2.29. The summed E-state index contributed by atoms with van der Waals surface area (Å²) in [4.78, 5) is 0. The summed E-state index contributed by atoms with van der Waals surface area (Å²) in [6.45, 7) is 3.79. The number of rotatable bonds is 1. The van der Waals surface area contributed by atoms with Gasteiger partial charge in [-0.05, 0) is 19.4 Å². The van der Waals surface area contributed by atoms with Gasteiger partial charge in [0.15, 0.2) is 6.29 Å². The first-order valence-electron chi connectivity index (χ1n) is 3.69. The Balaban J connectivity index is 2.69. The molecular weight excluding hydrogens is 144 g/mol. The van der Waals surface area contributed by atoms with Gasteiger partial charge in [-0.1, -0.05) is 6.08 Å². The van der Waals surface area contributed by atoms with Crippen LogP contribution in [0.3, 0.4) is 0 Å². The molecule has 64 valence electrons. The van der Waals surface area contributed by atoms with Gasteiger partial charge in [0.2, 0.25) is 0 Å². The molecule has 0 saturated carbocycles. The van der Waals surface area contributed by atoms with Crippen molar-refractivity contribution in [2.75, 3.05) is 7.11 Å². The smallest absolute Gasteiger partial charge is 0.187 e. The molecule has 1 heterocycles. The highest BCUT2D eigenvalue weighted by molar-refractivity contribution is 5.11. The van der Waals surface area contributed by atoms with Crippen LogP contribution in [0.2, 0.25) is 0 Å². The van der Waals surface area contributed by atoms with Crippen molar-refractivity contribution < 1.29 is 14.6 Å². The molecule has 0 saturated heterocycles. The largest absolute Gasteiger partial charge is 0.383 e. The second kappa shape index (κ2) is 3.34. The minimum absolute atomic E-state index is 0.0309. The van der Waals surface area contributed by atoms with Gasteiger partial charge < -0.3 is 14.6 Å². The number of ether oxygens (including phenoxy) is 2. The fourth-order valence-corrected chi connectivity index (χ4v) is 1.19. The van der Waals surface area contributed by atoms with E-state index < -0.39 is 12.4 Å². The molecule has 0 bridgehead atoms. The van der Waals surface area contributed by atoms with E-state index in [-0.39, 0.29) is 6.10 Å². The van der Waals surface area contributed by atoms with Crippen LogP contribution in [0.25, 0.3) is 0 Å². The van der Waals surface area contributed by atoms with Gasteiger partial charge in [0.1, 0.15) is 6.10 Å². The lowest BCUT2D eigenvalue weighted by Crippen LogP contribution is -2.38. The third-order valence-electron chi connectivity index (χ3n) is 1.80. The first-order chi connectivity index (χ1) is 5.15. The number of aliphatic hydroxyl groups excluding tert-OH is 1. The highest BCUT2D eigenvalue weighted by Crippen LogP contribution is 2.19. The number of methoxy groups -OCH3 is 1. The van der Waals surface area contributed by atoms with Crippen molar-refractivity contribution in [2.45, 2.75) is 32.3 Å². The Morgan fingerprint density at radius 2 is 2.27 bits per heavy atom. The summed E-state index contributed by atoms with van der Waals surface area (Å²) in [5.74, 6) is 0. The van der Waals surface area contributed by atoms with Crippen molar-refractivity contribution >= 4 is 0 Å². The summed E-state index contributed by atoms with van der Waals surface area (Å²) in [5.41, 5.74) is 0.913. The normalized spacial score (nSPS) is 38.5. The van der Waals surface area contributed by atoms with Gasteiger partial charge in [-0.25, -0.2) is 0 Å². The Kier molecular flexibility index (Phi) is 2.65. The molecule has 0 amide bonds. The molecule has 1 aliphatic heterocycles. The highest BCUT2D eigenvalue weighted by Gasteiger charge is 2.26. The summed E-state index contributed by atoms with van der Waals surface area (Å²) in [7, 11) is 1.53. The van der Waals surface area contributed by atoms with Gasteiger partial charge in [0, 0.05) is 7.11 Å². The SMILES string of the molecule is CO[C@H]1O[C@H](C)C=C(C)[C@@H]1O. The van der Waals surface area contributed by atoms with E-state index in [0.29, 0.717) is 0 Å². The van der Waals surface area contributed by atoms with E-state index in [9.17, 15) is 5.11 Å². The second-order valence-electron chi connectivity index (χ2n) is 2.80. The molecule has 0 unspecified atom stereocenters. The molecule has 0 aliphatic carbocycles. The summed E-state index contributed by atoms with van der Waals surface area (Å²) in [6.07, 6.45) is 0.801. The Bertz CT molecular complexity index is 165. The minimum atomic E-state index is -0.615. The molecule has 1 N–H and O–H groups in total. The monoisotopic (exact) mass is 158 g/mol. The van der Waals surface area contributed by atoms with Crippen LogP contribution in [0.4, 0.5) is 0 Å². The zero-order valence-corrected chi connectivity index (χ0v) is 7.07. The van der Waals surface area contributed by atoms with Crippen LogP contribution in [-0.2, 0) is 9.47 Å². The number of aliphatic hydroxyl groups is 1. The molecule has 3 nitrogen and oxygen atoms in total. The van der Waals surface area contributed by atoms with Gasteiger partial charge in [0.05, 0.1) is 6.10 Å². The average molecular weight is 158 g/mol. The second-order valence-corrected chi connectivity index (χ2v) is 2.80. The summed E-state index contributed by atoms with van der Waals surface area (Å²) in [6, 6.07) is 0. The first-order valence-corrected chi connectivity index (χ1v) is 3.69. The van der Waals surface area contributed by atoms with Crippen molar-refractivity contribution in [3.05, 3.63) is 11.6 Å². The van der Waals surface area contributed by atoms with Crippen LogP contribution in [0.5, 0.6) is 0 Å². The van der Waals surface area contributed by atoms with Gasteiger partial charge in [-0.2, -0.15) is 0 Å². The molecular formula is C8H14O3. The molecule has 0 fully saturated rings. The van der Waals surface area contributed by atoms with Gasteiger partial charge in [0.25, 0.3) is 0 Å². The van der Waals surface area contributed by atoms with Crippen LogP contribution < -0.4 is 0 Å². The predicted molar refractivity (Wildman–Crippen MR) is 41.1 cm³/mol. The van der Waals surface area contributed by atoms with Gasteiger partial charge >= 0.3 is 0 Å². The lowest BCUT2D eigenvalue weighted by atomic mass is 10.1. The van der Waals surface area contributed by atoms with Gasteiger partial charge in [-0.15, -0.1) is 0 Å². The van der Waals surface area contributed by atoms with Gasteiger partial charge in [-0.3, -0.25) is 0 Å². The van der Waals surface area contributed by atoms with Crippen LogP contribution in [0.15, 0.2) is 11.6 Å². The van der Waals surface area contributed by atoms with Crippen LogP contribution in [-0.4, -0.2) is 30.7 Å². The van der Waals surface area contributed by atoms with E-state index in [4.69, 9.17) is 9.47 Å². The van der Waals surface area contributed by atoms with Crippen LogP contribution in [0, 0.1) is 0 Å². The maximum atomic E-state index is 9.44. The number of hydrogen-bond donors (Lipinski definition) is 1. The molecule has 0 radical (unpaired) electrons. The third kappa shape index (κ3) is 1.80. The molecule has 0 aromatic carbocycles. The predicted octanol–water partition coefficient (Wildman–Crippen LogP) is 0.685. The molecule has 1 aliphatic rings. The average Bonchev–Trinajstić information content (AvgIpc) is 1.96. The van der Waals surface area contributed by atoms with E-state index >= 15 is 0 Å². The topological polar surface area (TPSA) is 38.7 Å². The Morgan fingerprint density at radius 1 is 1.64 bits per heavy atom. The first kappa shape index (κ1) is 8.71. The Hall–Kier alpha value is -0.380. The van der Waals surface area contributed by atoms with Crippen molar-refractivity contribution in [3.63, 3.8) is 0 Å². The summed E-state index contributed by atoms with van der Waals surface area (Å²) < 4.78 is 10.2. The maximum absolute atomic E-state index is 9.44. The minimum Gasteiger partial charge on any atom is -0.383 e. The van der Waals surface area contributed by atoms with Crippen molar-refractivity contribution in [1.29, 1.82) is 0 Å². The molecule has 3 heteroatoms. The standard InChI is InChI=1S/C8H14O3/c1-5-4-6(2)11-8(10-3)7(5)9/h4,6-9H,1-3H3/t6-,7+,8+/m1/s1. The van der Waals surface area contributed by atoms with Crippen molar-refractivity contribution in [2.24, 2.45) is 0 Å². The molecule has 1 rings (SSSR count). The lowest BCUT2D eigenvalue weighted by molar-refractivity contribution is -0.190. The van der Waals surface area contributed by atoms with Crippen molar-refractivity contribution in [3.8, 4) is 0 Å². The van der Waals surface area contributed by atoms with E-state index in [1.807, 2.05) is 19.9 Å². The Morgan fingerprint density at radius 3 is 2.82 bits per heavy atom. The zero-order chi connectivity index (χ0) is 8.43.